The Balaban J connectivity index is 1.26. The quantitative estimate of drug-likeness (QED) is 0.422. The molecule has 0 aliphatic heterocycles. The van der Waals surface area contributed by atoms with Crippen LogP contribution >= 0.6 is 0 Å². The summed E-state index contributed by atoms with van der Waals surface area (Å²) in [5.41, 5.74) is 2.44. The number of oxazole rings is 1. The SMILES string of the molecule is Cc1ccc(-c2cnc(CCC(=O)NCc3ccc(-n4ccc(C(F)(F)F)n4)cc3)o2)cc1. The fourth-order valence-electron chi connectivity index (χ4n) is 3.17. The molecule has 0 saturated carbocycles. The maximum absolute atomic E-state index is 12.7. The number of carbonyl (C=O) groups is 1. The second-order valence-electron chi connectivity index (χ2n) is 7.57. The van der Waals surface area contributed by atoms with Gasteiger partial charge in [-0.1, -0.05) is 42.0 Å². The summed E-state index contributed by atoms with van der Waals surface area (Å²) in [6, 6.07) is 15.6. The van der Waals surface area contributed by atoms with Crippen LogP contribution in [0.2, 0.25) is 0 Å². The van der Waals surface area contributed by atoms with E-state index in [0.29, 0.717) is 30.3 Å². The topological polar surface area (TPSA) is 73.0 Å². The van der Waals surface area contributed by atoms with Crippen LogP contribution in [0, 0.1) is 6.92 Å². The average Bonchev–Trinajstić information content (AvgIpc) is 3.47. The lowest BCUT2D eigenvalue weighted by atomic mass is 10.1. The molecule has 4 aromatic rings. The molecular formula is C24H21F3N4O2. The summed E-state index contributed by atoms with van der Waals surface area (Å²) in [6.45, 7) is 2.31. The summed E-state index contributed by atoms with van der Waals surface area (Å²) in [5.74, 6) is 0.989. The summed E-state index contributed by atoms with van der Waals surface area (Å²) in [6.07, 6.45) is -0.983. The number of alkyl halides is 3. The second-order valence-corrected chi connectivity index (χ2v) is 7.57. The molecular weight excluding hydrogens is 433 g/mol. The first-order valence-corrected chi connectivity index (χ1v) is 10.3. The molecule has 0 atom stereocenters. The van der Waals surface area contributed by atoms with Crippen LogP contribution in [-0.4, -0.2) is 20.7 Å². The van der Waals surface area contributed by atoms with Crippen LogP contribution in [-0.2, 0) is 23.9 Å². The summed E-state index contributed by atoms with van der Waals surface area (Å²) in [5, 5.41) is 6.36. The van der Waals surface area contributed by atoms with Gasteiger partial charge in [0, 0.05) is 31.1 Å². The predicted octanol–water partition coefficient (Wildman–Crippen LogP) is 5.10. The van der Waals surface area contributed by atoms with Crippen molar-refractivity contribution in [1.29, 1.82) is 0 Å². The Morgan fingerprint density at radius 3 is 2.45 bits per heavy atom. The van der Waals surface area contributed by atoms with E-state index in [0.717, 1.165) is 27.4 Å². The van der Waals surface area contributed by atoms with E-state index in [1.165, 1.54) is 6.20 Å². The zero-order valence-corrected chi connectivity index (χ0v) is 17.8. The van der Waals surface area contributed by atoms with Crippen molar-refractivity contribution in [2.75, 3.05) is 0 Å². The highest BCUT2D eigenvalue weighted by molar-refractivity contribution is 5.76. The summed E-state index contributed by atoms with van der Waals surface area (Å²) in [4.78, 5) is 16.4. The van der Waals surface area contributed by atoms with Gasteiger partial charge in [-0.2, -0.15) is 18.3 Å². The minimum Gasteiger partial charge on any atom is -0.441 e. The lowest BCUT2D eigenvalue weighted by molar-refractivity contribution is -0.141. The van der Waals surface area contributed by atoms with Crippen molar-refractivity contribution >= 4 is 5.91 Å². The van der Waals surface area contributed by atoms with Gasteiger partial charge in [0.05, 0.1) is 11.9 Å². The van der Waals surface area contributed by atoms with Crippen LogP contribution in [0.25, 0.3) is 17.0 Å². The van der Waals surface area contributed by atoms with Crippen molar-refractivity contribution in [3.05, 3.63) is 89.7 Å². The van der Waals surface area contributed by atoms with E-state index >= 15 is 0 Å². The Morgan fingerprint density at radius 1 is 1.06 bits per heavy atom. The highest BCUT2D eigenvalue weighted by Gasteiger charge is 2.33. The molecule has 0 aliphatic carbocycles. The summed E-state index contributed by atoms with van der Waals surface area (Å²) in [7, 11) is 0. The van der Waals surface area contributed by atoms with Gasteiger partial charge < -0.3 is 9.73 Å². The molecule has 1 N–H and O–H groups in total. The van der Waals surface area contributed by atoms with Crippen molar-refractivity contribution in [3.63, 3.8) is 0 Å². The van der Waals surface area contributed by atoms with E-state index in [2.05, 4.69) is 15.4 Å². The zero-order valence-electron chi connectivity index (χ0n) is 17.8. The van der Waals surface area contributed by atoms with Crippen LogP contribution in [0.5, 0.6) is 0 Å². The molecule has 2 aromatic heterocycles. The standard InChI is InChI=1S/C24H21F3N4O2/c1-16-2-6-18(7-3-16)20-15-29-23(33-20)11-10-22(32)28-14-17-4-8-19(9-5-17)31-13-12-21(30-31)24(25,26)27/h2-9,12-13,15H,10-11,14H2,1H3,(H,28,32). The van der Waals surface area contributed by atoms with Gasteiger partial charge in [0.1, 0.15) is 0 Å². The second kappa shape index (κ2) is 9.32. The first kappa shape index (κ1) is 22.3. The van der Waals surface area contributed by atoms with Gasteiger partial charge >= 0.3 is 6.18 Å². The molecule has 0 aliphatic rings. The number of hydrogen-bond acceptors (Lipinski definition) is 4. The number of aryl methyl sites for hydroxylation is 2. The highest BCUT2D eigenvalue weighted by atomic mass is 19.4. The van der Waals surface area contributed by atoms with Crippen molar-refractivity contribution in [1.82, 2.24) is 20.1 Å². The molecule has 0 unspecified atom stereocenters. The first-order valence-electron chi connectivity index (χ1n) is 10.3. The van der Waals surface area contributed by atoms with Crippen LogP contribution in [0.15, 0.2) is 71.4 Å². The largest absolute Gasteiger partial charge is 0.441 e. The zero-order chi connectivity index (χ0) is 23.4. The Bertz CT molecular complexity index is 1230. The van der Waals surface area contributed by atoms with Gasteiger partial charge in [-0.25, -0.2) is 9.67 Å². The molecule has 2 heterocycles. The summed E-state index contributed by atoms with van der Waals surface area (Å²) < 4.78 is 45.0. The monoisotopic (exact) mass is 454 g/mol. The molecule has 1 amide bonds. The maximum Gasteiger partial charge on any atom is 0.435 e. The number of nitrogens with one attached hydrogen (secondary N) is 1. The lowest BCUT2D eigenvalue weighted by Gasteiger charge is -2.07. The van der Waals surface area contributed by atoms with Gasteiger partial charge in [0.25, 0.3) is 0 Å². The number of benzene rings is 2. The van der Waals surface area contributed by atoms with Crippen LogP contribution in [0.4, 0.5) is 13.2 Å². The number of nitrogens with zero attached hydrogens (tertiary/aromatic N) is 3. The third kappa shape index (κ3) is 5.68. The van der Waals surface area contributed by atoms with Gasteiger partial charge in [0.2, 0.25) is 5.91 Å². The molecule has 0 bridgehead atoms. The number of halogens is 3. The van der Waals surface area contributed by atoms with Crippen LogP contribution < -0.4 is 5.32 Å². The molecule has 6 nitrogen and oxygen atoms in total. The number of amides is 1. The van der Waals surface area contributed by atoms with E-state index < -0.39 is 11.9 Å². The van der Waals surface area contributed by atoms with Crippen molar-refractivity contribution < 1.29 is 22.4 Å². The van der Waals surface area contributed by atoms with Crippen molar-refractivity contribution in [2.45, 2.75) is 32.5 Å². The van der Waals surface area contributed by atoms with E-state index in [-0.39, 0.29) is 12.3 Å². The molecule has 0 spiro atoms. The van der Waals surface area contributed by atoms with Crippen molar-refractivity contribution in [2.24, 2.45) is 0 Å². The minimum absolute atomic E-state index is 0.156. The molecule has 33 heavy (non-hydrogen) atoms. The van der Waals surface area contributed by atoms with Gasteiger partial charge in [-0.05, 0) is 30.7 Å². The Labute approximate surface area is 188 Å². The fourth-order valence-corrected chi connectivity index (χ4v) is 3.17. The molecule has 4 rings (SSSR count). The van der Waals surface area contributed by atoms with E-state index in [1.54, 1.807) is 30.5 Å². The normalized spacial score (nSPS) is 11.5. The molecule has 0 fully saturated rings. The molecule has 0 radical (unpaired) electrons. The van der Waals surface area contributed by atoms with Crippen LogP contribution in [0.3, 0.4) is 0 Å². The molecule has 0 saturated heterocycles. The third-order valence-corrected chi connectivity index (χ3v) is 5.03. The van der Waals surface area contributed by atoms with E-state index in [9.17, 15) is 18.0 Å². The number of aromatic nitrogens is 3. The van der Waals surface area contributed by atoms with Crippen molar-refractivity contribution in [3.8, 4) is 17.0 Å². The smallest absolute Gasteiger partial charge is 0.435 e. The molecule has 9 heteroatoms. The van der Waals surface area contributed by atoms with Gasteiger partial charge in [-0.3, -0.25) is 4.79 Å². The lowest BCUT2D eigenvalue weighted by Crippen LogP contribution is -2.23. The fraction of sp³-hybridized carbons (Fsp3) is 0.208. The number of hydrogen-bond donors (Lipinski definition) is 1. The molecule has 170 valence electrons. The Morgan fingerprint density at radius 2 is 1.79 bits per heavy atom. The van der Waals surface area contributed by atoms with Gasteiger partial charge in [-0.15, -0.1) is 0 Å². The van der Waals surface area contributed by atoms with Crippen LogP contribution in [0.1, 0.15) is 29.1 Å². The number of carbonyl (C=O) groups excluding carboxylic acids is 1. The first-order chi connectivity index (χ1) is 15.8. The molecule has 2 aromatic carbocycles. The summed E-state index contributed by atoms with van der Waals surface area (Å²) >= 11 is 0. The van der Waals surface area contributed by atoms with E-state index in [4.69, 9.17) is 4.42 Å². The minimum atomic E-state index is -4.48. The average molecular weight is 454 g/mol. The maximum atomic E-state index is 12.7. The highest BCUT2D eigenvalue weighted by Crippen LogP contribution is 2.28. The number of rotatable bonds is 7. The predicted molar refractivity (Wildman–Crippen MR) is 115 cm³/mol. The van der Waals surface area contributed by atoms with E-state index in [1.807, 2.05) is 31.2 Å². The van der Waals surface area contributed by atoms with Gasteiger partial charge in [0.15, 0.2) is 17.3 Å². The third-order valence-electron chi connectivity index (χ3n) is 5.03. The Hall–Kier alpha value is -3.88. The Kier molecular flexibility index (Phi) is 6.30.